The van der Waals surface area contributed by atoms with Crippen molar-refractivity contribution in [2.45, 2.75) is 25.9 Å². The van der Waals surface area contributed by atoms with Gasteiger partial charge < -0.3 is 20.3 Å². The molecule has 3 amide bonds. The maximum Gasteiger partial charge on any atom is 0.319 e. The van der Waals surface area contributed by atoms with E-state index in [1.807, 2.05) is 0 Å². The quantitative estimate of drug-likeness (QED) is 0.652. The summed E-state index contributed by atoms with van der Waals surface area (Å²) < 4.78 is 5.37. The number of hydrazine groups is 1. The second-order valence-corrected chi connectivity index (χ2v) is 6.29. The molecule has 3 rings (SSSR count). The van der Waals surface area contributed by atoms with Gasteiger partial charge in [0, 0.05) is 37.3 Å². The SMILES string of the molecule is CC1NNC(C)C1CNC(=O)Nc1ccc2c(c1)N(C)C(=O)CO2. The fourth-order valence-electron chi connectivity index (χ4n) is 3.00. The average Bonchev–Trinajstić information content (AvgIpc) is 2.88. The average molecular weight is 333 g/mol. The standard InChI is InChI=1S/C16H23N5O3/c1-9-12(10(2)20-19-9)7-17-16(23)18-11-4-5-14-13(6-11)21(3)15(22)8-24-14/h4-6,9-10,12,19-20H,7-8H2,1-3H3,(H2,17,18,23). The number of carbonyl (C=O) groups excluding carboxylic acids is 2. The molecule has 1 aromatic carbocycles. The molecule has 0 spiro atoms. The predicted molar refractivity (Wildman–Crippen MR) is 91.1 cm³/mol. The van der Waals surface area contributed by atoms with Crippen molar-refractivity contribution < 1.29 is 14.3 Å². The van der Waals surface area contributed by atoms with Gasteiger partial charge in [0.2, 0.25) is 0 Å². The first kappa shape index (κ1) is 16.5. The summed E-state index contributed by atoms with van der Waals surface area (Å²) in [5.74, 6) is 0.832. The van der Waals surface area contributed by atoms with Crippen LogP contribution in [0.25, 0.3) is 0 Å². The monoisotopic (exact) mass is 333 g/mol. The third kappa shape index (κ3) is 3.29. The predicted octanol–water partition coefficient (Wildman–Crippen LogP) is 0.664. The van der Waals surface area contributed by atoms with Crippen LogP contribution >= 0.6 is 0 Å². The Bertz CT molecular complexity index is 641. The van der Waals surface area contributed by atoms with E-state index in [0.717, 1.165) is 0 Å². The zero-order valence-corrected chi connectivity index (χ0v) is 14.1. The molecule has 8 nitrogen and oxygen atoms in total. The van der Waals surface area contributed by atoms with Crippen molar-refractivity contribution in [3.05, 3.63) is 18.2 Å². The number of ether oxygens (including phenoxy) is 1. The van der Waals surface area contributed by atoms with E-state index in [2.05, 4.69) is 35.3 Å². The number of hydrogen-bond acceptors (Lipinski definition) is 5. The number of nitrogens with one attached hydrogen (secondary N) is 4. The molecule has 1 fully saturated rings. The first-order valence-electron chi connectivity index (χ1n) is 8.05. The maximum atomic E-state index is 12.1. The molecule has 0 saturated carbocycles. The molecular formula is C16H23N5O3. The molecule has 24 heavy (non-hydrogen) atoms. The number of anilines is 2. The second kappa shape index (κ2) is 6.66. The number of carbonyl (C=O) groups is 2. The summed E-state index contributed by atoms with van der Waals surface area (Å²) in [6, 6.07) is 5.55. The van der Waals surface area contributed by atoms with Gasteiger partial charge in [-0.25, -0.2) is 4.79 Å². The Kier molecular flexibility index (Phi) is 4.59. The van der Waals surface area contributed by atoms with Gasteiger partial charge in [0.1, 0.15) is 5.75 Å². The molecule has 4 N–H and O–H groups in total. The van der Waals surface area contributed by atoms with Crippen LogP contribution in [0.1, 0.15) is 13.8 Å². The van der Waals surface area contributed by atoms with Crippen molar-refractivity contribution in [3.8, 4) is 5.75 Å². The smallest absolute Gasteiger partial charge is 0.319 e. The Labute approximate surface area is 140 Å². The lowest BCUT2D eigenvalue weighted by Gasteiger charge is -2.26. The highest BCUT2D eigenvalue weighted by Crippen LogP contribution is 2.33. The van der Waals surface area contributed by atoms with E-state index in [0.29, 0.717) is 41.7 Å². The Morgan fingerprint density at radius 3 is 2.75 bits per heavy atom. The van der Waals surface area contributed by atoms with Crippen LogP contribution in [0.4, 0.5) is 16.2 Å². The maximum absolute atomic E-state index is 12.1. The summed E-state index contributed by atoms with van der Waals surface area (Å²) in [4.78, 5) is 25.3. The van der Waals surface area contributed by atoms with Gasteiger partial charge in [-0.3, -0.25) is 15.6 Å². The van der Waals surface area contributed by atoms with E-state index >= 15 is 0 Å². The van der Waals surface area contributed by atoms with Gasteiger partial charge in [-0.2, -0.15) is 0 Å². The summed E-state index contributed by atoms with van der Waals surface area (Å²) in [6.45, 7) is 4.77. The van der Waals surface area contributed by atoms with E-state index in [-0.39, 0.29) is 18.5 Å². The van der Waals surface area contributed by atoms with Crippen molar-refractivity contribution in [2.75, 3.05) is 30.4 Å². The van der Waals surface area contributed by atoms with Gasteiger partial charge in [-0.05, 0) is 32.0 Å². The van der Waals surface area contributed by atoms with Gasteiger partial charge in [-0.1, -0.05) is 0 Å². The van der Waals surface area contributed by atoms with Crippen LogP contribution in [0.15, 0.2) is 18.2 Å². The summed E-state index contributed by atoms with van der Waals surface area (Å²) in [5, 5.41) is 5.69. The number of likely N-dealkylation sites (N-methyl/N-ethyl adjacent to an activating group) is 1. The van der Waals surface area contributed by atoms with E-state index in [1.165, 1.54) is 4.90 Å². The zero-order chi connectivity index (χ0) is 17.3. The van der Waals surface area contributed by atoms with Crippen LogP contribution in [0, 0.1) is 5.92 Å². The van der Waals surface area contributed by atoms with Crippen molar-refractivity contribution in [1.82, 2.24) is 16.2 Å². The normalized spacial score (nSPS) is 25.9. The Balaban J connectivity index is 1.60. The molecule has 2 atom stereocenters. The third-order valence-corrected chi connectivity index (χ3v) is 4.62. The first-order valence-corrected chi connectivity index (χ1v) is 8.05. The molecule has 1 aromatic rings. The van der Waals surface area contributed by atoms with Gasteiger partial charge in [0.05, 0.1) is 5.69 Å². The molecule has 1 saturated heterocycles. The van der Waals surface area contributed by atoms with E-state index in [4.69, 9.17) is 4.74 Å². The lowest BCUT2D eigenvalue weighted by atomic mass is 9.97. The third-order valence-electron chi connectivity index (χ3n) is 4.62. The first-order chi connectivity index (χ1) is 11.5. The number of rotatable bonds is 3. The van der Waals surface area contributed by atoms with Crippen LogP contribution in [-0.2, 0) is 4.79 Å². The van der Waals surface area contributed by atoms with Gasteiger partial charge >= 0.3 is 6.03 Å². The number of fused-ring (bicyclic) bond motifs is 1. The highest BCUT2D eigenvalue weighted by Gasteiger charge is 2.29. The van der Waals surface area contributed by atoms with Crippen molar-refractivity contribution in [2.24, 2.45) is 5.92 Å². The summed E-state index contributed by atoms with van der Waals surface area (Å²) in [5.41, 5.74) is 7.59. The number of hydrogen-bond donors (Lipinski definition) is 4. The molecule has 0 bridgehead atoms. The minimum atomic E-state index is -0.271. The number of amides is 3. The summed E-state index contributed by atoms with van der Waals surface area (Å²) >= 11 is 0. The Morgan fingerprint density at radius 2 is 2.04 bits per heavy atom. The summed E-state index contributed by atoms with van der Waals surface area (Å²) in [6.07, 6.45) is 0. The van der Waals surface area contributed by atoms with Crippen LogP contribution in [0.5, 0.6) is 5.75 Å². The fourth-order valence-corrected chi connectivity index (χ4v) is 3.00. The minimum Gasteiger partial charge on any atom is -0.482 e. The molecular weight excluding hydrogens is 310 g/mol. The second-order valence-electron chi connectivity index (χ2n) is 6.29. The largest absolute Gasteiger partial charge is 0.482 e. The van der Waals surface area contributed by atoms with Crippen LogP contribution in [0.2, 0.25) is 0 Å². The number of urea groups is 1. The fraction of sp³-hybridized carbons (Fsp3) is 0.500. The Hall–Kier alpha value is -2.32. The minimum absolute atomic E-state index is 0.0383. The molecule has 0 aromatic heterocycles. The van der Waals surface area contributed by atoms with Crippen molar-refractivity contribution >= 4 is 23.3 Å². The number of nitrogens with zero attached hydrogens (tertiary/aromatic N) is 1. The molecule has 130 valence electrons. The zero-order valence-electron chi connectivity index (χ0n) is 14.1. The molecule has 2 heterocycles. The van der Waals surface area contributed by atoms with Gasteiger partial charge in [0.15, 0.2) is 6.61 Å². The van der Waals surface area contributed by atoms with Crippen molar-refractivity contribution in [3.63, 3.8) is 0 Å². The number of benzene rings is 1. The molecule has 8 heteroatoms. The molecule has 0 radical (unpaired) electrons. The van der Waals surface area contributed by atoms with Gasteiger partial charge in [-0.15, -0.1) is 0 Å². The Morgan fingerprint density at radius 1 is 1.33 bits per heavy atom. The van der Waals surface area contributed by atoms with E-state index < -0.39 is 0 Å². The van der Waals surface area contributed by atoms with E-state index in [9.17, 15) is 9.59 Å². The molecule has 0 aliphatic carbocycles. The van der Waals surface area contributed by atoms with Gasteiger partial charge in [0.25, 0.3) is 5.91 Å². The lowest BCUT2D eigenvalue weighted by molar-refractivity contribution is -0.120. The van der Waals surface area contributed by atoms with Crippen LogP contribution in [0.3, 0.4) is 0 Å². The molecule has 2 aliphatic rings. The highest BCUT2D eigenvalue weighted by atomic mass is 16.5. The lowest BCUT2D eigenvalue weighted by Crippen LogP contribution is -2.39. The highest BCUT2D eigenvalue weighted by molar-refractivity contribution is 5.99. The van der Waals surface area contributed by atoms with Crippen LogP contribution in [-0.4, -0.2) is 44.2 Å². The van der Waals surface area contributed by atoms with Crippen LogP contribution < -0.4 is 31.1 Å². The topological polar surface area (TPSA) is 94.7 Å². The van der Waals surface area contributed by atoms with Crippen molar-refractivity contribution in [1.29, 1.82) is 0 Å². The summed E-state index contributed by atoms with van der Waals surface area (Å²) in [7, 11) is 1.69. The van der Waals surface area contributed by atoms with E-state index in [1.54, 1.807) is 25.2 Å². The molecule has 2 aliphatic heterocycles. The molecule has 2 unspecified atom stereocenters.